The zero-order chi connectivity index (χ0) is 13.0. The average molecular weight is 317 g/mol. The van der Waals surface area contributed by atoms with Gasteiger partial charge in [-0.25, -0.2) is 0 Å². The fraction of sp³-hybridized carbons (Fsp3) is 1.00. The topological polar surface area (TPSA) is 9.23 Å². The van der Waals surface area contributed by atoms with Gasteiger partial charge in [-0.1, -0.05) is 49.0 Å². The second-order valence-corrected chi connectivity index (χ2v) is 7.15. The zero-order valence-corrected chi connectivity index (χ0v) is 13.7. The molecule has 2 rings (SSSR count). The van der Waals surface area contributed by atoms with E-state index in [0.717, 1.165) is 17.2 Å². The van der Waals surface area contributed by atoms with Gasteiger partial charge in [0, 0.05) is 5.33 Å². The van der Waals surface area contributed by atoms with Crippen LogP contribution in [0.2, 0.25) is 0 Å². The van der Waals surface area contributed by atoms with E-state index in [9.17, 15) is 0 Å². The van der Waals surface area contributed by atoms with Gasteiger partial charge >= 0.3 is 0 Å². The molecule has 0 aliphatic heterocycles. The molecule has 1 nitrogen and oxygen atoms in total. The van der Waals surface area contributed by atoms with E-state index < -0.39 is 0 Å². The fourth-order valence-electron chi connectivity index (χ4n) is 3.67. The van der Waals surface area contributed by atoms with Crippen LogP contribution in [0.15, 0.2) is 0 Å². The zero-order valence-electron chi connectivity index (χ0n) is 12.1. The lowest BCUT2D eigenvalue weighted by Gasteiger charge is -2.43. The quantitative estimate of drug-likeness (QED) is 0.638. The van der Waals surface area contributed by atoms with Crippen molar-refractivity contribution in [2.45, 2.75) is 83.3 Å². The summed E-state index contributed by atoms with van der Waals surface area (Å²) in [6.07, 6.45) is 12.5. The van der Waals surface area contributed by atoms with Crippen molar-refractivity contribution in [3.8, 4) is 0 Å². The molecule has 2 unspecified atom stereocenters. The molecule has 2 heteroatoms. The Morgan fingerprint density at radius 2 is 1.78 bits per heavy atom. The monoisotopic (exact) mass is 316 g/mol. The van der Waals surface area contributed by atoms with E-state index in [0.29, 0.717) is 6.10 Å². The van der Waals surface area contributed by atoms with Crippen LogP contribution in [0.25, 0.3) is 0 Å². The standard InChI is InChI=1S/C16H29BrO/c1-3-14-8-10-16(12-17,11-9-14)18-15-7-5-4-6-13(15)2/h13-15H,3-12H2,1-2H3. The first-order valence-corrected chi connectivity index (χ1v) is 9.05. The fourth-order valence-corrected chi connectivity index (χ4v) is 4.37. The molecule has 0 aromatic rings. The summed E-state index contributed by atoms with van der Waals surface area (Å²) in [7, 11) is 0. The summed E-state index contributed by atoms with van der Waals surface area (Å²) >= 11 is 3.73. The average Bonchev–Trinajstić information content (AvgIpc) is 2.42. The molecule has 0 N–H and O–H groups in total. The summed E-state index contributed by atoms with van der Waals surface area (Å²) in [5.41, 5.74) is 0.155. The first-order valence-electron chi connectivity index (χ1n) is 7.93. The van der Waals surface area contributed by atoms with Crippen molar-refractivity contribution in [3.63, 3.8) is 0 Å². The van der Waals surface area contributed by atoms with Gasteiger partial charge in [0.15, 0.2) is 0 Å². The normalized spacial score (nSPS) is 41.8. The number of hydrogen-bond donors (Lipinski definition) is 0. The van der Waals surface area contributed by atoms with E-state index in [-0.39, 0.29) is 5.60 Å². The Morgan fingerprint density at radius 3 is 2.33 bits per heavy atom. The minimum absolute atomic E-state index is 0.155. The molecule has 0 heterocycles. The second kappa shape index (κ2) is 6.74. The van der Waals surface area contributed by atoms with Gasteiger partial charge in [-0.05, 0) is 50.4 Å². The number of hydrogen-bond acceptors (Lipinski definition) is 1. The van der Waals surface area contributed by atoms with Gasteiger partial charge in [-0.15, -0.1) is 0 Å². The summed E-state index contributed by atoms with van der Waals surface area (Å²) in [5, 5.41) is 1.03. The Balaban J connectivity index is 1.92. The number of alkyl halides is 1. The molecular formula is C16H29BrO. The molecule has 2 fully saturated rings. The van der Waals surface area contributed by atoms with Crippen molar-refractivity contribution < 1.29 is 4.74 Å². The molecule has 2 aliphatic rings. The Labute approximate surface area is 121 Å². The Hall–Kier alpha value is 0.440. The maximum atomic E-state index is 6.63. The van der Waals surface area contributed by atoms with Crippen LogP contribution < -0.4 is 0 Å². The summed E-state index contributed by atoms with van der Waals surface area (Å²) in [6, 6.07) is 0. The lowest BCUT2D eigenvalue weighted by Crippen LogP contribution is -2.44. The third kappa shape index (κ3) is 3.50. The van der Waals surface area contributed by atoms with E-state index in [1.54, 1.807) is 0 Å². The minimum atomic E-state index is 0.155. The highest BCUT2D eigenvalue weighted by atomic mass is 79.9. The lowest BCUT2D eigenvalue weighted by atomic mass is 9.78. The first-order chi connectivity index (χ1) is 8.69. The van der Waals surface area contributed by atoms with Crippen molar-refractivity contribution in [2.24, 2.45) is 11.8 Å². The van der Waals surface area contributed by atoms with Gasteiger partial charge in [-0.2, -0.15) is 0 Å². The van der Waals surface area contributed by atoms with Crippen LogP contribution in [0.1, 0.15) is 71.6 Å². The molecule has 0 bridgehead atoms. The van der Waals surface area contributed by atoms with E-state index in [2.05, 4.69) is 29.8 Å². The highest BCUT2D eigenvalue weighted by Gasteiger charge is 2.38. The van der Waals surface area contributed by atoms with Crippen molar-refractivity contribution in [2.75, 3.05) is 5.33 Å². The van der Waals surface area contributed by atoms with Crippen LogP contribution in [0.5, 0.6) is 0 Å². The van der Waals surface area contributed by atoms with Crippen molar-refractivity contribution >= 4 is 15.9 Å². The van der Waals surface area contributed by atoms with Gasteiger partial charge in [-0.3, -0.25) is 0 Å². The predicted octanol–water partition coefficient (Wildman–Crippen LogP) is 5.32. The molecule has 0 aromatic heterocycles. The molecule has 0 saturated heterocycles. The maximum Gasteiger partial charge on any atom is 0.0783 e. The van der Waals surface area contributed by atoms with Crippen LogP contribution in [-0.4, -0.2) is 17.0 Å². The van der Waals surface area contributed by atoms with Gasteiger partial charge in [0.1, 0.15) is 0 Å². The Morgan fingerprint density at radius 1 is 1.11 bits per heavy atom. The summed E-state index contributed by atoms with van der Waals surface area (Å²) in [5.74, 6) is 1.71. The SMILES string of the molecule is CCC1CCC(CBr)(OC2CCCCC2C)CC1. The molecule has 2 aliphatic carbocycles. The molecular weight excluding hydrogens is 288 g/mol. The molecule has 18 heavy (non-hydrogen) atoms. The number of ether oxygens (including phenoxy) is 1. The van der Waals surface area contributed by atoms with E-state index in [1.807, 2.05) is 0 Å². The first kappa shape index (κ1) is 14.8. The van der Waals surface area contributed by atoms with Gasteiger partial charge in [0.25, 0.3) is 0 Å². The molecule has 2 saturated carbocycles. The van der Waals surface area contributed by atoms with Crippen molar-refractivity contribution in [3.05, 3.63) is 0 Å². The maximum absolute atomic E-state index is 6.63. The van der Waals surface area contributed by atoms with Gasteiger partial charge < -0.3 is 4.74 Å². The number of rotatable bonds is 4. The third-order valence-electron chi connectivity index (χ3n) is 5.27. The smallest absolute Gasteiger partial charge is 0.0783 e. The minimum Gasteiger partial charge on any atom is -0.371 e. The van der Waals surface area contributed by atoms with E-state index >= 15 is 0 Å². The van der Waals surface area contributed by atoms with E-state index in [1.165, 1.54) is 57.8 Å². The van der Waals surface area contributed by atoms with E-state index in [4.69, 9.17) is 4.74 Å². The van der Waals surface area contributed by atoms with Crippen LogP contribution >= 0.6 is 15.9 Å². The second-order valence-electron chi connectivity index (χ2n) is 6.59. The molecule has 0 aromatic carbocycles. The van der Waals surface area contributed by atoms with Crippen LogP contribution in [0, 0.1) is 11.8 Å². The van der Waals surface area contributed by atoms with Gasteiger partial charge in [0.05, 0.1) is 11.7 Å². The summed E-state index contributed by atoms with van der Waals surface area (Å²) in [6.45, 7) is 4.71. The third-order valence-corrected chi connectivity index (χ3v) is 6.29. The largest absolute Gasteiger partial charge is 0.371 e. The van der Waals surface area contributed by atoms with Crippen LogP contribution in [0.4, 0.5) is 0 Å². The molecule has 0 spiro atoms. The Bertz CT molecular complexity index is 245. The Kier molecular flexibility index (Phi) is 5.56. The van der Waals surface area contributed by atoms with Crippen LogP contribution in [-0.2, 0) is 4.74 Å². The highest BCUT2D eigenvalue weighted by Crippen LogP contribution is 2.40. The molecule has 2 atom stereocenters. The molecule has 0 amide bonds. The summed E-state index contributed by atoms with van der Waals surface area (Å²) < 4.78 is 6.63. The van der Waals surface area contributed by atoms with Gasteiger partial charge in [0.2, 0.25) is 0 Å². The van der Waals surface area contributed by atoms with Crippen molar-refractivity contribution in [1.82, 2.24) is 0 Å². The molecule has 106 valence electrons. The van der Waals surface area contributed by atoms with Crippen LogP contribution in [0.3, 0.4) is 0 Å². The summed E-state index contributed by atoms with van der Waals surface area (Å²) in [4.78, 5) is 0. The number of halogens is 1. The lowest BCUT2D eigenvalue weighted by molar-refractivity contribution is -0.131. The molecule has 0 radical (unpaired) electrons. The highest BCUT2D eigenvalue weighted by molar-refractivity contribution is 9.09. The van der Waals surface area contributed by atoms with Crippen molar-refractivity contribution in [1.29, 1.82) is 0 Å². The predicted molar refractivity (Wildman–Crippen MR) is 81.3 cm³/mol.